The van der Waals surface area contributed by atoms with Gasteiger partial charge in [-0.2, -0.15) is 0 Å². The van der Waals surface area contributed by atoms with E-state index in [2.05, 4.69) is 0 Å². The highest BCUT2D eigenvalue weighted by atomic mass is 35.5. The lowest BCUT2D eigenvalue weighted by Gasteiger charge is -2.07. The number of rotatable bonds is 5. The van der Waals surface area contributed by atoms with E-state index in [1.54, 1.807) is 24.3 Å². The van der Waals surface area contributed by atoms with Crippen LogP contribution in [0.25, 0.3) is 11.0 Å². The third-order valence-corrected chi connectivity index (χ3v) is 5.78. The van der Waals surface area contributed by atoms with Crippen molar-refractivity contribution in [3.05, 3.63) is 62.9 Å². The average Bonchev–Trinajstić information content (AvgIpc) is 2.95. The second kappa shape index (κ2) is 6.92. The molecule has 0 unspecified atom stereocenters. The predicted octanol–water partition coefficient (Wildman–Crippen LogP) is 4.52. The van der Waals surface area contributed by atoms with E-state index in [1.165, 1.54) is 6.08 Å². The van der Waals surface area contributed by atoms with Crippen LogP contribution in [0.4, 0.5) is 5.88 Å². The molecule has 1 heterocycles. The Kier molecular flexibility index (Phi) is 5.36. The van der Waals surface area contributed by atoms with Gasteiger partial charge in [-0.25, -0.2) is 8.42 Å². The first-order chi connectivity index (χ1) is 10.7. The van der Waals surface area contributed by atoms with Crippen LogP contribution in [0.1, 0.15) is 11.3 Å². The minimum absolute atomic E-state index is 0.238. The second-order valence-corrected chi connectivity index (χ2v) is 8.31. The highest BCUT2D eigenvalue weighted by molar-refractivity contribution is 8.03. The van der Waals surface area contributed by atoms with E-state index in [1.807, 2.05) is 0 Å². The minimum Gasteiger partial charge on any atom is -0.400 e. The molecule has 122 valence electrons. The highest BCUT2D eigenvalue weighted by Crippen LogP contribution is 2.33. The van der Waals surface area contributed by atoms with Crippen LogP contribution in [-0.4, -0.2) is 17.5 Å². The van der Waals surface area contributed by atoms with Crippen molar-refractivity contribution in [3.63, 3.8) is 0 Å². The van der Waals surface area contributed by atoms with Crippen LogP contribution in [0.5, 0.6) is 0 Å². The summed E-state index contributed by atoms with van der Waals surface area (Å²) in [4.78, 5) is 9.54. The van der Waals surface area contributed by atoms with Gasteiger partial charge >= 0.3 is 5.88 Å². The fourth-order valence-corrected chi connectivity index (χ4v) is 3.24. The molecule has 10 heteroatoms. The molecular weight excluding hydrogens is 389 g/mol. The number of nitrogens with zero attached hydrogens (tertiary/aromatic N) is 1. The quantitative estimate of drug-likeness (QED) is 0.421. The van der Waals surface area contributed by atoms with E-state index in [0.29, 0.717) is 10.6 Å². The highest BCUT2D eigenvalue weighted by Gasteiger charge is 2.30. The zero-order valence-electron chi connectivity index (χ0n) is 11.1. The Morgan fingerprint density at radius 2 is 1.78 bits per heavy atom. The van der Waals surface area contributed by atoms with Crippen molar-refractivity contribution in [1.29, 1.82) is 0 Å². The summed E-state index contributed by atoms with van der Waals surface area (Å²) >= 11 is 16.8. The lowest BCUT2D eigenvalue weighted by Crippen LogP contribution is -2.10. The molecule has 0 aliphatic rings. The van der Waals surface area contributed by atoms with Crippen LogP contribution in [0.15, 0.2) is 40.8 Å². The van der Waals surface area contributed by atoms with Crippen LogP contribution in [0.2, 0.25) is 5.02 Å². The smallest absolute Gasteiger partial charge is 0.400 e. The summed E-state index contributed by atoms with van der Waals surface area (Å²) in [6.45, 7) is 0. The van der Waals surface area contributed by atoms with Crippen molar-refractivity contribution in [2.75, 3.05) is 0 Å². The van der Waals surface area contributed by atoms with Crippen LogP contribution in [0.3, 0.4) is 0 Å². The van der Waals surface area contributed by atoms with E-state index in [0.717, 1.165) is 12.1 Å². The van der Waals surface area contributed by atoms with E-state index in [-0.39, 0.29) is 10.7 Å². The Labute approximate surface area is 146 Å². The number of hydrogen-bond donors (Lipinski definition) is 0. The molecule has 0 bridgehead atoms. The van der Waals surface area contributed by atoms with Crippen LogP contribution in [0, 0.1) is 10.1 Å². The molecule has 0 amide bonds. The fraction of sp³-hybridized carbons (Fsp3) is 0.0769. The first-order valence-corrected chi connectivity index (χ1v) is 8.75. The largest absolute Gasteiger partial charge is 0.433 e. The third kappa shape index (κ3) is 4.06. The van der Waals surface area contributed by atoms with Gasteiger partial charge in [0.05, 0.1) is 6.07 Å². The number of benzene rings is 1. The van der Waals surface area contributed by atoms with Gasteiger partial charge < -0.3 is 4.42 Å². The number of nitro groups is 1. The number of halogens is 3. The third-order valence-electron chi connectivity index (χ3n) is 2.72. The van der Waals surface area contributed by atoms with Gasteiger partial charge in [-0.15, -0.1) is 0 Å². The number of alkyl halides is 2. The van der Waals surface area contributed by atoms with Gasteiger partial charge in [0.25, 0.3) is 0 Å². The Morgan fingerprint density at radius 3 is 2.26 bits per heavy atom. The standard InChI is InChI=1S/C13H8Cl3NO5S/c14-9-3-1-8(2-4-9)7-11(23(20,21)13(15)16)10-5-6-12(22-10)17(18)19/h1-7,13H/b11-7+. The lowest BCUT2D eigenvalue weighted by atomic mass is 10.2. The molecule has 23 heavy (non-hydrogen) atoms. The molecule has 2 aromatic rings. The molecule has 0 atom stereocenters. The number of sulfone groups is 1. The summed E-state index contributed by atoms with van der Waals surface area (Å²) in [6.07, 6.45) is 1.24. The molecule has 0 radical (unpaired) electrons. The van der Waals surface area contributed by atoms with E-state index in [9.17, 15) is 18.5 Å². The van der Waals surface area contributed by atoms with Crippen molar-refractivity contribution in [1.82, 2.24) is 0 Å². The maximum Gasteiger partial charge on any atom is 0.433 e. The van der Waals surface area contributed by atoms with E-state index in [4.69, 9.17) is 39.2 Å². The molecule has 1 aromatic heterocycles. The molecule has 1 aromatic carbocycles. The maximum atomic E-state index is 12.3. The van der Waals surface area contributed by atoms with Crippen LogP contribution >= 0.6 is 34.8 Å². The first kappa shape index (κ1) is 17.8. The van der Waals surface area contributed by atoms with Crippen molar-refractivity contribution < 1.29 is 17.8 Å². The fourth-order valence-electron chi connectivity index (χ4n) is 1.66. The summed E-state index contributed by atoms with van der Waals surface area (Å²) in [6, 6.07) is 8.44. The zero-order chi connectivity index (χ0) is 17.2. The molecule has 2 rings (SSSR count). The maximum absolute atomic E-state index is 12.3. The molecule has 0 N–H and O–H groups in total. The van der Waals surface area contributed by atoms with Crippen LogP contribution in [-0.2, 0) is 9.84 Å². The van der Waals surface area contributed by atoms with Gasteiger partial charge in [0.1, 0.15) is 9.83 Å². The molecular formula is C13H8Cl3NO5S. The van der Waals surface area contributed by atoms with Gasteiger partial charge in [-0.3, -0.25) is 10.1 Å². The molecule has 6 nitrogen and oxygen atoms in total. The molecule has 0 spiro atoms. The van der Waals surface area contributed by atoms with Crippen molar-refractivity contribution in [3.8, 4) is 0 Å². The minimum atomic E-state index is -4.17. The topological polar surface area (TPSA) is 90.4 Å². The zero-order valence-corrected chi connectivity index (χ0v) is 14.2. The van der Waals surface area contributed by atoms with Crippen molar-refractivity contribution >= 4 is 61.5 Å². The molecule has 0 aliphatic carbocycles. The normalized spacial score (nSPS) is 12.6. The van der Waals surface area contributed by atoms with Gasteiger partial charge in [-0.05, 0) is 29.8 Å². The molecule has 0 aliphatic heterocycles. The Balaban J connectivity index is 2.60. The van der Waals surface area contributed by atoms with Gasteiger partial charge in [0.2, 0.25) is 14.0 Å². The summed E-state index contributed by atoms with van der Waals surface area (Å²) in [5.41, 5.74) is 0.473. The molecule has 0 saturated carbocycles. The van der Waals surface area contributed by atoms with E-state index >= 15 is 0 Å². The second-order valence-electron chi connectivity index (χ2n) is 4.26. The van der Waals surface area contributed by atoms with Crippen LogP contribution < -0.4 is 0 Å². The summed E-state index contributed by atoms with van der Waals surface area (Å²) < 4.78 is 27.8. The van der Waals surface area contributed by atoms with E-state index < -0.39 is 24.8 Å². The Hall–Kier alpha value is -1.54. The van der Waals surface area contributed by atoms with Gasteiger partial charge in [-0.1, -0.05) is 46.9 Å². The molecule has 0 fully saturated rings. The molecule has 0 saturated heterocycles. The summed E-state index contributed by atoms with van der Waals surface area (Å²) in [7, 11) is -4.17. The number of furan rings is 1. The van der Waals surface area contributed by atoms with Gasteiger partial charge in [0, 0.05) is 5.02 Å². The monoisotopic (exact) mass is 395 g/mol. The first-order valence-electron chi connectivity index (χ1n) is 5.95. The van der Waals surface area contributed by atoms with Crippen molar-refractivity contribution in [2.45, 2.75) is 4.17 Å². The Bertz CT molecular complexity index is 856. The lowest BCUT2D eigenvalue weighted by molar-refractivity contribution is -0.402. The predicted molar refractivity (Wildman–Crippen MR) is 89.1 cm³/mol. The Morgan fingerprint density at radius 1 is 1.17 bits per heavy atom. The summed E-state index contributed by atoms with van der Waals surface area (Å²) in [5.74, 6) is -0.837. The van der Waals surface area contributed by atoms with Crippen molar-refractivity contribution in [2.24, 2.45) is 0 Å². The number of hydrogen-bond acceptors (Lipinski definition) is 5. The van der Waals surface area contributed by atoms with Gasteiger partial charge in [0.15, 0.2) is 5.76 Å². The summed E-state index contributed by atoms with van der Waals surface area (Å²) in [5, 5.41) is 11.2. The average molecular weight is 397 g/mol. The SMILES string of the molecule is O=[N+]([O-])c1ccc(/C(=C\c2ccc(Cl)cc2)S(=O)(=O)C(Cl)Cl)o1.